The van der Waals surface area contributed by atoms with Crippen LogP contribution in [0.2, 0.25) is 0 Å². The molecule has 0 unspecified atom stereocenters. The van der Waals surface area contributed by atoms with Gasteiger partial charge >= 0.3 is 5.63 Å². The summed E-state index contributed by atoms with van der Waals surface area (Å²) < 4.78 is 10.9. The van der Waals surface area contributed by atoms with Gasteiger partial charge in [-0.1, -0.05) is 15.9 Å². The third-order valence-electron chi connectivity index (χ3n) is 2.41. The number of rotatable bonds is 1. The second kappa shape index (κ2) is 3.85. The molecular weight excluding hydrogens is 286 g/mol. The third kappa shape index (κ3) is 1.78. The summed E-state index contributed by atoms with van der Waals surface area (Å²) >= 11 is 3.33. The molecule has 0 saturated carbocycles. The minimum Gasteiger partial charge on any atom is -0.451 e. The number of fused-ring (bicyclic) bond motifs is 1. The second-order valence-electron chi connectivity index (χ2n) is 3.49. The molecule has 3 aromatic rings. The molecule has 17 heavy (non-hydrogen) atoms. The molecular formula is C12H6BrNO3. The number of hydrogen-bond acceptors (Lipinski definition) is 4. The first-order valence-electron chi connectivity index (χ1n) is 4.86. The van der Waals surface area contributed by atoms with E-state index in [9.17, 15) is 4.79 Å². The minimum atomic E-state index is -0.409. The molecule has 0 aliphatic rings. The number of aromatic nitrogens is 1. The lowest BCUT2D eigenvalue weighted by molar-refractivity contribution is 0.557. The van der Waals surface area contributed by atoms with Gasteiger partial charge in [0.2, 0.25) is 0 Å². The fourth-order valence-electron chi connectivity index (χ4n) is 1.69. The molecule has 0 amide bonds. The summed E-state index contributed by atoms with van der Waals surface area (Å²) in [5.41, 5.74) is 1.43. The Kier molecular flexibility index (Phi) is 2.33. The molecule has 0 bridgehead atoms. The molecule has 0 aliphatic heterocycles. The van der Waals surface area contributed by atoms with Crippen molar-refractivity contribution in [3.05, 3.63) is 51.8 Å². The van der Waals surface area contributed by atoms with Gasteiger partial charge in [0, 0.05) is 21.5 Å². The van der Waals surface area contributed by atoms with E-state index in [2.05, 4.69) is 20.9 Å². The Balaban J connectivity index is 2.42. The number of halogens is 1. The average molecular weight is 292 g/mol. The molecule has 3 rings (SSSR count). The van der Waals surface area contributed by atoms with Crippen LogP contribution in [0.15, 0.2) is 55.0 Å². The predicted octanol–water partition coefficient (Wildman–Crippen LogP) is 3.21. The van der Waals surface area contributed by atoms with E-state index in [-0.39, 0.29) is 0 Å². The topological polar surface area (TPSA) is 56.2 Å². The normalized spacial score (nSPS) is 10.9. The highest BCUT2D eigenvalue weighted by atomic mass is 79.9. The van der Waals surface area contributed by atoms with E-state index in [4.69, 9.17) is 8.83 Å². The van der Waals surface area contributed by atoms with Crippen LogP contribution in [0.1, 0.15) is 0 Å². The number of oxazole rings is 1. The number of benzene rings is 1. The molecule has 0 N–H and O–H groups in total. The first-order valence-corrected chi connectivity index (χ1v) is 5.65. The Morgan fingerprint density at radius 2 is 2.12 bits per heavy atom. The second-order valence-corrected chi connectivity index (χ2v) is 4.41. The van der Waals surface area contributed by atoms with E-state index < -0.39 is 5.63 Å². The van der Waals surface area contributed by atoms with Crippen molar-refractivity contribution in [3.8, 4) is 11.3 Å². The molecule has 0 radical (unpaired) electrons. The van der Waals surface area contributed by atoms with Crippen molar-refractivity contribution in [1.29, 1.82) is 0 Å². The monoisotopic (exact) mass is 291 g/mol. The van der Waals surface area contributed by atoms with Crippen molar-refractivity contribution in [3.63, 3.8) is 0 Å². The molecule has 4 nitrogen and oxygen atoms in total. The van der Waals surface area contributed by atoms with Gasteiger partial charge < -0.3 is 8.83 Å². The van der Waals surface area contributed by atoms with Crippen molar-refractivity contribution in [2.45, 2.75) is 0 Å². The summed E-state index contributed by atoms with van der Waals surface area (Å²) in [6.07, 6.45) is 2.82. The van der Waals surface area contributed by atoms with E-state index in [0.29, 0.717) is 16.8 Å². The smallest absolute Gasteiger partial charge is 0.336 e. The lowest BCUT2D eigenvalue weighted by Gasteiger charge is -2.02. The number of hydrogen-bond donors (Lipinski definition) is 0. The molecule has 0 fully saturated rings. The predicted molar refractivity (Wildman–Crippen MR) is 65.7 cm³/mol. The summed E-state index contributed by atoms with van der Waals surface area (Å²) in [5.74, 6) is 0. The van der Waals surface area contributed by atoms with Crippen LogP contribution in [-0.4, -0.2) is 4.98 Å². The van der Waals surface area contributed by atoms with Gasteiger partial charge in [0.25, 0.3) is 0 Å². The van der Waals surface area contributed by atoms with Crippen LogP contribution in [-0.2, 0) is 0 Å². The van der Waals surface area contributed by atoms with Crippen molar-refractivity contribution in [2.24, 2.45) is 0 Å². The van der Waals surface area contributed by atoms with Crippen LogP contribution < -0.4 is 5.63 Å². The van der Waals surface area contributed by atoms with Crippen LogP contribution in [0.25, 0.3) is 22.2 Å². The molecule has 0 aliphatic carbocycles. The summed E-state index contributed by atoms with van der Waals surface area (Å²) in [6, 6.07) is 6.91. The highest BCUT2D eigenvalue weighted by Crippen LogP contribution is 2.27. The zero-order chi connectivity index (χ0) is 11.8. The molecule has 0 saturated heterocycles. The van der Waals surface area contributed by atoms with E-state index in [1.807, 2.05) is 12.1 Å². The summed E-state index contributed by atoms with van der Waals surface area (Å²) in [4.78, 5) is 15.5. The largest absolute Gasteiger partial charge is 0.451 e. The van der Waals surface area contributed by atoms with Crippen LogP contribution >= 0.6 is 15.9 Å². The van der Waals surface area contributed by atoms with Gasteiger partial charge in [-0.3, -0.25) is 0 Å². The number of nitrogens with zero attached hydrogens (tertiary/aromatic N) is 1. The Bertz CT molecular complexity index is 731. The quantitative estimate of drug-likeness (QED) is 0.646. The van der Waals surface area contributed by atoms with Crippen molar-refractivity contribution < 1.29 is 8.83 Å². The average Bonchev–Trinajstić information content (AvgIpc) is 2.80. The Morgan fingerprint density at radius 1 is 1.24 bits per heavy atom. The maximum atomic E-state index is 11.5. The van der Waals surface area contributed by atoms with E-state index in [1.165, 1.54) is 18.7 Å². The SMILES string of the molecule is O=c1cc(-c2cocn2)c2ccc(Br)cc2o1. The Hall–Kier alpha value is -1.88. The molecule has 5 heteroatoms. The maximum absolute atomic E-state index is 11.5. The highest BCUT2D eigenvalue weighted by Gasteiger charge is 2.10. The van der Waals surface area contributed by atoms with Crippen molar-refractivity contribution in [2.75, 3.05) is 0 Å². The lowest BCUT2D eigenvalue weighted by atomic mass is 10.1. The minimum absolute atomic E-state index is 0.409. The summed E-state index contributed by atoms with van der Waals surface area (Å²) in [7, 11) is 0. The molecule has 2 aromatic heterocycles. The van der Waals surface area contributed by atoms with Crippen molar-refractivity contribution in [1.82, 2.24) is 4.98 Å². The Morgan fingerprint density at radius 3 is 2.88 bits per heavy atom. The fourth-order valence-corrected chi connectivity index (χ4v) is 2.03. The molecule has 0 spiro atoms. The molecule has 84 valence electrons. The van der Waals surface area contributed by atoms with Gasteiger partial charge in [0.1, 0.15) is 17.5 Å². The standard InChI is InChI=1S/C12H6BrNO3/c13-7-1-2-8-9(10-5-16-6-14-10)4-12(15)17-11(8)3-7/h1-6H. The Labute approximate surface area is 104 Å². The first-order chi connectivity index (χ1) is 8.24. The molecule has 2 heterocycles. The van der Waals surface area contributed by atoms with Gasteiger partial charge in [0.15, 0.2) is 6.39 Å². The zero-order valence-corrected chi connectivity index (χ0v) is 10.1. The van der Waals surface area contributed by atoms with Crippen LogP contribution in [0.3, 0.4) is 0 Å². The molecule has 0 atom stereocenters. The van der Waals surface area contributed by atoms with Crippen LogP contribution in [0.5, 0.6) is 0 Å². The third-order valence-corrected chi connectivity index (χ3v) is 2.91. The van der Waals surface area contributed by atoms with Crippen LogP contribution in [0.4, 0.5) is 0 Å². The zero-order valence-electron chi connectivity index (χ0n) is 8.51. The fraction of sp³-hybridized carbons (Fsp3) is 0. The van der Waals surface area contributed by atoms with Gasteiger partial charge in [-0.2, -0.15) is 0 Å². The van der Waals surface area contributed by atoms with Gasteiger partial charge in [-0.05, 0) is 18.2 Å². The van der Waals surface area contributed by atoms with Crippen LogP contribution in [0, 0.1) is 0 Å². The van der Waals surface area contributed by atoms with E-state index >= 15 is 0 Å². The van der Waals surface area contributed by atoms with Gasteiger partial charge in [0.05, 0.1) is 0 Å². The maximum Gasteiger partial charge on any atom is 0.336 e. The first kappa shape index (κ1) is 10.3. The molecule has 1 aromatic carbocycles. The van der Waals surface area contributed by atoms with Gasteiger partial charge in [-0.25, -0.2) is 9.78 Å². The van der Waals surface area contributed by atoms with E-state index in [0.717, 1.165) is 9.86 Å². The lowest BCUT2D eigenvalue weighted by Crippen LogP contribution is -1.98. The van der Waals surface area contributed by atoms with E-state index in [1.54, 1.807) is 6.07 Å². The summed E-state index contributed by atoms with van der Waals surface area (Å²) in [6.45, 7) is 0. The van der Waals surface area contributed by atoms with Crippen molar-refractivity contribution >= 4 is 26.9 Å². The highest BCUT2D eigenvalue weighted by molar-refractivity contribution is 9.10. The summed E-state index contributed by atoms with van der Waals surface area (Å²) in [5, 5.41) is 0.821. The van der Waals surface area contributed by atoms with Gasteiger partial charge in [-0.15, -0.1) is 0 Å².